The van der Waals surface area contributed by atoms with Crippen LogP contribution in [0.5, 0.6) is 0 Å². The van der Waals surface area contributed by atoms with Gasteiger partial charge in [0, 0.05) is 6.42 Å². The lowest BCUT2D eigenvalue weighted by molar-refractivity contribution is -0.877. The monoisotopic (exact) mass is 128 g/mol. The Morgan fingerprint density at radius 1 is 1.67 bits per heavy atom. The first kappa shape index (κ1) is 6.62. The molecule has 0 radical (unpaired) electrons. The summed E-state index contributed by atoms with van der Waals surface area (Å²) in [6.45, 7) is 2.30. The van der Waals surface area contributed by atoms with Crippen molar-refractivity contribution >= 4 is 0 Å². The summed E-state index contributed by atoms with van der Waals surface area (Å²) in [5.74, 6) is 1.14. The third-order valence-corrected chi connectivity index (χ3v) is 1.68. The van der Waals surface area contributed by atoms with Gasteiger partial charge in [0.25, 0.3) is 0 Å². The minimum atomic E-state index is 1.05. The number of quaternary nitrogens is 1. The fourth-order valence-electron chi connectivity index (χ4n) is 1.09. The van der Waals surface area contributed by atoms with Crippen LogP contribution in [0.3, 0.4) is 0 Å². The van der Waals surface area contributed by atoms with Crippen LogP contribution >= 0.6 is 0 Å². The Balaban J connectivity index is 2.43. The van der Waals surface area contributed by atoms with Gasteiger partial charge in [0.1, 0.15) is 12.3 Å². The van der Waals surface area contributed by atoms with Crippen molar-refractivity contribution in [2.24, 2.45) is 0 Å². The highest BCUT2D eigenvalue weighted by atomic mass is 16.5. The van der Waals surface area contributed by atoms with Crippen LogP contribution in [-0.2, 0) is 4.74 Å². The van der Waals surface area contributed by atoms with E-state index in [-0.39, 0.29) is 0 Å². The topological polar surface area (TPSA) is 13.7 Å². The van der Waals surface area contributed by atoms with E-state index in [2.05, 4.69) is 13.1 Å². The Hall–Kier alpha value is -0.500. The zero-order chi connectivity index (χ0) is 6.69. The first-order valence-corrected chi connectivity index (χ1v) is 3.37. The van der Waals surface area contributed by atoms with E-state index in [0.717, 1.165) is 18.7 Å². The average molecular weight is 128 g/mol. The largest absolute Gasteiger partial charge is 0.495 e. The van der Waals surface area contributed by atoms with Crippen LogP contribution in [0, 0.1) is 0 Å². The van der Waals surface area contributed by atoms with Crippen molar-refractivity contribution < 1.29 is 9.64 Å². The number of ether oxygens (including phenoxy) is 1. The molecular formula is C7H14NO+. The van der Waals surface area contributed by atoms with Gasteiger partial charge in [-0.05, 0) is 6.08 Å². The van der Waals surface area contributed by atoms with Crippen molar-refractivity contribution in [1.82, 2.24) is 0 Å². The SMILES string of the molecule is COC1=CCC[NH+](C)C1. The number of nitrogens with one attached hydrogen (secondary N) is 1. The van der Waals surface area contributed by atoms with Crippen molar-refractivity contribution in [3.05, 3.63) is 11.8 Å². The molecule has 2 nitrogen and oxygen atoms in total. The number of methoxy groups -OCH3 is 1. The smallest absolute Gasteiger partial charge is 0.146 e. The van der Waals surface area contributed by atoms with Crippen LogP contribution in [-0.4, -0.2) is 27.2 Å². The maximum Gasteiger partial charge on any atom is 0.146 e. The van der Waals surface area contributed by atoms with Crippen molar-refractivity contribution in [2.75, 3.05) is 27.2 Å². The Morgan fingerprint density at radius 2 is 2.44 bits per heavy atom. The van der Waals surface area contributed by atoms with E-state index in [1.807, 2.05) is 0 Å². The fourth-order valence-corrected chi connectivity index (χ4v) is 1.09. The van der Waals surface area contributed by atoms with Crippen molar-refractivity contribution in [3.63, 3.8) is 0 Å². The molecule has 9 heavy (non-hydrogen) atoms. The van der Waals surface area contributed by atoms with Crippen LogP contribution in [0.25, 0.3) is 0 Å². The highest BCUT2D eigenvalue weighted by Gasteiger charge is 2.10. The third kappa shape index (κ3) is 1.72. The van der Waals surface area contributed by atoms with Gasteiger partial charge >= 0.3 is 0 Å². The lowest BCUT2D eigenvalue weighted by Crippen LogP contribution is -3.09. The van der Waals surface area contributed by atoms with Gasteiger partial charge in [-0.3, -0.25) is 0 Å². The minimum absolute atomic E-state index is 1.05. The summed E-state index contributed by atoms with van der Waals surface area (Å²) < 4.78 is 5.10. The summed E-state index contributed by atoms with van der Waals surface area (Å²) in [6, 6.07) is 0. The molecule has 1 rings (SSSR count). The highest BCUT2D eigenvalue weighted by Crippen LogP contribution is 1.96. The van der Waals surface area contributed by atoms with Gasteiger partial charge in [-0.2, -0.15) is 0 Å². The molecule has 52 valence electrons. The second-order valence-corrected chi connectivity index (χ2v) is 2.55. The fraction of sp³-hybridized carbons (Fsp3) is 0.714. The molecule has 1 atom stereocenters. The summed E-state index contributed by atoms with van der Waals surface area (Å²) in [7, 11) is 3.93. The molecule has 0 bridgehead atoms. The molecule has 0 spiro atoms. The molecule has 1 heterocycles. The van der Waals surface area contributed by atoms with E-state index < -0.39 is 0 Å². The minimum Gasteiger partial charge on any atom is -0.495 e. The van der Waals surface area contributed by atoms with E-state index in [1.54, 1.807) is 7.11 Å². The van der Waals surface area contributed by atoms with Gasteiger partial charge in [-0.15, -0.1) is 0 Å². The molecule has 1 aliphatic heterocycles. The molecule has 0 fully saturated rings. The molecule has 2 heteroatoms. The van der Waals surface area contributed by atoms with Gasteiger partial charge in [-0.25, -0.2) is 0 Å². The van der Waals surface area contributed by atoms with Crippen LogP contribution in [0.2, 0.25) is 0 Å². The van der Waals surface area contributed by atoms with Gasteiger partial charge in [0.05, 0.1) is 20.7 Å². The molecule has 0 aromatic rings. The number of rotatable bonds is 1. The van der Waals surface area contributed by atoms with Crippen molar-refractivity contribution in [2.45, 2.75) is 6.42 Å². The molecule has 0 amide bonds. The Bertz CT molecular complexity index is 120. The summed E-state index contributed by atoms with van der Waals surface area (Å²) in [4.78, 5) is 1.54. The van der Waals surface area contributed by atoms with Crippen LogP contribution in [0.15, 0.2) is 11.8 Å². The summed E-state index contributed by atoms with van der Waals surface area (Å²) in [5.41, 5.74) is 0. The highest BCUT2D eigenvalue weighted by molar-refractivity contribution is 4.94. The maximum absolute atomic E-state index is 5.10. The van der Waals surface area contributed by atoms with Crippen molar-refractivity contribution in [1.29, 1.82) is 0 Å². The standard InChI is InChI=1S/C7H13NO/c1-8-5-3-4-7(6-8)9-2/h4H,3,5-6H2,1-2H3/p+1. The molecule has 0 saturated carbocycles. The van der Waals surface area contributed by atoms with Gasteiger partial charge in [0.2, 0.25) is 0 Å². The van der Waals surface area contributed by atoms with Crippen LogP contribution in [0.4, 0.5) is 0 Å². The molecule has 0 aromatic heterocycles. The lowest BCUT2D eigenvalue weighted by atomic mass is 10.2. The molecular weight excluding hydrogens is 114 g/mol. The number of likely N-dealkylation sites (N-methyl/N-ethyl adjacent to an activating group) is 1. The van der Waals surface area contributed by atoms with E-state index in [9.17, 15) is 0 Å². The first-order valence-electron chi connectivity index (χ1n) is 3.37. The Labute approximate surface area is 56.1 Å². The van der Waals surface area contributed by atoms with Gasteiger partial charge in [0.15, 0.2) is 0 Å². The van der Waals surface area contributed by atoms with E-state index in [4.69, 9.17) is 4.74 Å². The normalized spacial score (nSPS) is 27.3. The zero-order valence-corrected chi connectivity index (χ0v) is 6.11. The molecule has 1 N–H and O–H groups in total. The third-order valence-electron chi connectivity index (χ3n) is 1.68. The first-order chi connectivity index (χ1) is 4.33. The molecule has 1 aliphatic rings. The number of hydrogen-bond acceptors (Lipinski definition) is 1. The van der Waals surface area contributed by atoms with Gasteiger partial charge < -0.3 is 9.64 Å². The molecule has 0 aromatic carbocycles. The summed E-state index contributed by atoms with van der Waals surface area (Å²) in [6.07, 6.45) is 3.34. The number of hydrogen-bond donors (Lipinski definition) is 1. The summed E-state index contributed by atoms with van der Waals surface area (Å²) in [5, 5.41) is 0. The van der Waals surface area contributed by atoms with Crippen LogP contribution < -0.4 is 4.90 Å². The van der Waals surface area contributed by atoms with E-state index in [0.29, 0.717) is 0 Å². The maximum atomic E-state index is 5.10. The second kappa shape index (κ2) is 2.87. The second-order valence-electron chi connectivity index (χ2n) is 2.55. The Morgan fingerprint density at radius 3 is 2.89 bits per heavy atom. The predicted octanol–water partition coefficient (Wildman–Crippen LogP) is -0.565. The Kier molecular flexibility index (Phi) is 2.11. The molecule has 1 unspecified atom stereocenters. The van der Waals surface area contributed by atoms with Gasteiger partial charge in [-0.1, -0.05) is 0 Å². The van der Waals surface area contributed by atoms with E-state index in [1.165, 1.54) is 11.4 Å². The zero-order valence-electron chi connectivity index (χ0n) is 6.11. The van der Waals surface area contributed by atoms with Crippen molar-refractivity contribution in [3.8, 4) is 0 Å². The predicted molar refractivity (Wildman–Crippen MR) is 36.3 cm³/mol. The summed E-state index contributed by atoms with van der Waals surface area (Å²) >= 11 is 0. The average Bonchev–Trinajstić information content (AvgIpc) is 1.88. The quantitative estimate of drug-likeness (QED) is 0.499. The lowest BCUT2D eigenvalue weighted by Gasteiger charge is -2.18. The molecule has 0 saturated heterocycles. The van der Waals surface area contributed by atoms with E-state index >= 15 is 0 Å². The molecule has 0 aliphatic carbocycles. The van der Waals surface area contributed by atoms with Crippen LogP contribution in [0.1, 0.15) is 6.42 Å².